The molecule has 0 spiro atoms. The molecule has 72 valence electrons. The summed E-state index contributed by atoms with van der Waals surface area (Å²) in [7, 11) is 0. The summed E-state index contributed by atoms with van der Waals surface area (Å²) in [5.74, 6) is 0.0507. The van der Waals surface area contributed by atoms with Gasteiger partial charge >= 0.3 is 0 Å². The van der Waals surface area contributed by atoms with Crippen molar-refractivity contribution in [2.45, 2.75) is 51.7 Å². The smallest absolute Gasteiger partial charge is 0.160 e. The fraction of sp³-hybridized carbons (Fsp3) is 1.00. The summed E-state index contributed by atoms with van der Waals surface area (Å²) in [6.07, 6.45) is -3.40. The molecule has 1 aliphatic heterocycles. The van der Waals surface area contributed by atoms with Gasteiger partial charge in [-0.15, -0.1) is 0 Å². The van der Waals surface area contributed by atoms with Crippen molar-refractivity contribution in [3.05, 3.63) is 0 Å². The van der Waals surface area contributed by atoms with Crippen molar-refractivity contribution in [3.8, 4) is 0 Å². The highest BCUT2D eigenvalue weighted by Crippen LogP contribution is 2.32. The summed E-state index contributed by atoms with van der Waals surface area (Å²) in [4.78, 5) is 0. The minimum absolute atomic E-state index is 0.0507. The van der Waals surface area contributed by atoms with Gasteiger partial charge in [-0.2, -0.15) is 0 Å². The molecular weight excluding hydrogens is 162 g/mol. The summed E-state index contributed by atoms with van der Waals surface area (Å²) in [6, 6.07) is 0. The van der Waals surface area contributed by atoms with Gasteiger partial charge in [-0.25, -0.2) is 8.78 Å². The fourth-order valence-electron chi connectivity index (χ4n) is 1.58. The Bertz CT molecular complexity index is 149. The van der Waals surface area contributed by atoms with E-state index in [0.717, 1.165) is 0 Å². The van der Waals surface area contributed by atoms with Crippen LogP contribution in [0, 0.1) is 5.92 Å². The molecule has 3 heteroatoms. The lowest BCUT2D eigenvalue weighted by molar-refractivity contribution is -0.00347. The van der Waals surface area contributed by atoms with Gasteiger partial charge in [0.25, 0.3) is 0 Å². The van der Waals surface area contributed by atoms with E-state index in [-0.39, 0.29) is 5.92 Å². The molecule has 1 rings (SSSR count). The van der Waals surface area contributed by atoms with Crippen molar-refractivity contribution in [2.24, 2.45) is 5.92 Å². The molecule has 0 N–H and O–H groups in total. The zero-order chi connectivity index (χ0) is 9.30. The van der Waals surface area contributed by atoms with Gasteiger partial charge < -0.3 is 4.74 Å². The summed E-state index contributed by atoms with van der Waals surface area (Å²) >= 11 is 0. The van der Waals surface area contributed by atoms with Crippen LogP contribution in [0.1, 0.15) is 27.2 Å². The average Bonchev–Trinajstić information content (AvgIpc) is 2.30. The van der Waals surface area contributed by atoms with Crippen LogP contribution in [0.4, 0.5) is 8.78 Å². The molecule has 12 heavy (non-hydrogen) atoms. The van der Waals surface area contributed by atoms with Crippen molar-refractivity contribution in [3.63, 3.8) is 0 Å². The van der Waals surface area contributed by atoms with E-state index in [1.807, 2.05) is 20.8 Å². The number of hydrogen-bond acceptors (Lipinski definition) is 1. The van der Waals surface area contributed by atoms with Gasteiger partial charge in [0.05, 0.1) is 12.2 Å². The molecule has 0 unspecified atom stereocenters. The third-order valence-corrected chi connectivity index (χ3v) is 2.36. The second-order valence-corrected chi connectivity index (χ2v) is 3.68. The molecule has 4 atom stereocenters. The van der Waals surface area contributed by atoms with E-state index in [1.54, 1.807) is 0 Å². The van der Waals surface area contributed by atoms with Crippen LogP contribution < -0.4 is 0 Å². The quantitative estimate of drug-likeness (QED) is 0.631. The largest absolute Gasteiger partial charge is 0.368 e. The molecule has 1 saturated heterocycles. The monoisotopic (exact) mass is 178 g/mol. The SMILES string of the molecule is CC[C@@H]1O[C@H](C(C)C)[C@@H](F)[C@@H]1F. The summed E-state index contributed by atoms with van der Waals surface area (Å²) < 4.78 is 31.5. The first-order valence-corrected chi connectivity index (χ1v) is 4.51. The lowest BCUT2D eigenvalue weighted by Crippen LogP contribution is -2.27. The lowest BCUT2D eigenvalue weighted by atomic mass is 10.0. The van der Waals surface area contributed by atoms with E-state index in [0.29, 0.717) is 6.42 Å². The molecule has 1 fully saturated rings. The maximum Gasteiger partial charge on any atom is 0.160 e. The van der Waals surface area contributed by atoms with Gasteiger partial charge in [0.2, 0.25) is 0 Å². The van der Waals surface area contributed by atoms with Crippen LogP contribution in [-0.4, -0.2) is 24.6 Å². The van der Waals surface area contributed by atoms with E-state index >= 15 is 0 Å². The van der Waals surface area contributed by atoms with Gasteiger partial charge in [0.15, 0.2) is 12.3 Å². The Morgan fingerprint density at radius 2 is 1.83 bits per heavy atom. The van der Waals surface area contributed by atoms with E-state index in [4.69, 9.17) is 4.74 Å². The lowest BCUT2D eigenvalue weighted by Gasteiger charge is -2.16. The van der Waals surface area contributed by atoms with Crippen LogP contribution in [0.3, 0.4) is 0 Å². The normalized spacial score (nSPS) is 42.5. The molecule has 0 aliphatic carbocycles. The molecular formula is C9H16F2O. The molecule has 0 aromatic heterocycles. The first kappa shape index (κ1) is 9.90. The standard InChI is InChI=1S/C9H16F2O/c1-4-6-7(10)8(11)9(12-6)5(2)3/h5-9H,4H2,1-3H3/t6-,7+,8-,9+/m0/s1. The number of halogens is 2. The van der Waals surface area contributed by atoms with Gasteiger partial charge in [-0.3, -0.25) is 0 Å². The first-order valence-electron chi connectivity index (χ1n) is 4.51. The summed E-state index contributed by atoms with van der Waals surface area (Å²) in [5.41, 5.74) is 0. The van der Waals surface area contributed by atoms with Crippen LogP contribution >= 0.6 is 0 Å². The van der Waals surface area contributed by atoms with E-state index in [9.17, 15) is 8.78 Å². The van der Waals surface area contributed by atoms with Crippen molar-refractivity contribution in [1.29, 1.82) is 0 Å². The van der Waals surface area contributed by atoms with Gasteiger partial charge in [-0.05, 0) is 12.3 Å². The van der Waals surface area contributed by atoms with E-state index in [1.165, 1.54) is 0 Å². The average molecular weight is 178 g/mol. The first-order chi connectivity index (χ1) is 5.57. The van der Waals surface area contributed by atoms with Crippen molar-refractivity contribution < 1.29 is 13.5 Å². The van der Waals surface area contributed by atoms with Crippen LogP contribution in [-0.2, 0) is 4.74 Å². The van der Waals surface area contributed by atoms with Crippen LogP contribution in [0.15, 0.2) is 0 Å². The maximum atomic E-state index is 13.2. The molecule has 0 saturated carbocycles. The number of alkyl halides is 2. The Labute approximate surface area is 72.1 Å². The van der Waals surface area contributed by atoms with Gasteiger partial charge in [0, 0.05) is 0 Å². The minimum Gasteiger partial charge on any atom is -0.368 e. The van der Waals surface area contributed by atoms with Gasteiger partial charge in [0.1, 0.15) is 0 Å². The van der Waals surface area contributed by atoms with Crippen molar-refractivity contribution >= 4 is 0 Å². The molecule has 0 aromatic carbocycles. The minimum atomic E-state index is -1.44. The summed E-state index contributed by atoms with van der Waals surface area (Å²) in [6.45, 7) is 5.51. The van der Waals surface area contributed by atoms with Crippen molar-refractivity contribution in [1.82, 2.24) is 0 Å². The van der Waals surface area contributed by atoms with Crippen LogP contribution in [0.2, 0.25) is 0 Å². The highest BCUT2D eigenvalue weighted by atomic mass is 19.2. The van der Waals surface area contributed by atoms with Gasteiger partial charge in [-0.1, -0.05) is 20.8 Å². The molecule has 0 radical (unpaired) electrons. The predicted molar refractivity (Wildman–Crippen MR) is 43.6 cm³/mol. The van der Waals surface area contributed by atoms with Crippen LogP contribution in [0.25, 0.3) is 0 Å². The molecule has 1 aliphatic rings. The number of ether oxygens (including phenoxy) is 1. The highest BCUT2D eigenvalue weighted by Gasteiger charge is 2.45. The maximum absolute atomic E-state index is 13.2. The molecule has 0 bridgehead atoms. The molecule has 0 aromatic rings. The Kier molecular flexibility index (Phi) is 3.04. The van der Waals surface area contributed by atoms with Crippen LogP contribution in [0.5, 0.6) is 0 Å². The zero-order valence-corrected chi connectivity index (χ0v) is 7.76. The summed E-state index contributed by atoms with van der Waals surface area (Å²) in [5, 5.41) is 0. The Hall–Kier alpha value is -0.180. The molecule has 0 amide bonds. The zero-order valence-electron chi connectivity index (χ0n) is 7.76. The predicted octanol–water partition coefficient (Wildman–Crippen LogP) is 2.50. The Morgan fingerprint density at radius 1 is 1.25 bits per heavy atom. The van der Waals surface area contributed by atoms with E-state index in [2.05, 4.69) is 0 Å². The third kappa shape index (κ3) is 1.60. The highest BCUT2D eigenvalue weighted by molar-refractivity contribution is 4.91. The second-order valence-electron chi connectivity index (χ2n) is 3.68. The Morgan fingerprint density at radius 3 is 2.08 bits per heavy atom. The molecule has 1 nitrogen and oxygen atoms in total. The Balaban J connectivity index is 2.60. The fourth-order valence-corrected chi connectivity index (χ4v) is 1.58. The third-order valence-electron chi connectivity index (χ3n) is 2.36. The topological polar surface area (TPSA) is 9.23 Å². The molecule has 1 heterocycles. The second kappa shape index (κ2) is 3.69. The van der Waals surface area contributed by atoms with Crippen molar-refractivity contribution in [2.75, 3.05) is 0 Å². The number of rotatable bonds is 2. The number of hydrogen-bond donors (Lipinski definition) is 0. The van der Waals surface area contributed by atoms with E-state index < -0.39 is 24.6 Å².